The molecule has 2 atom stereocenters. The van der Waals surface area contributed by atoms with Crippen molar-refractivity contribution >= 4 is 0 Å². The van der Waals surface area contributed by atoms with Crippen LogP contribution >= 0.6 is 0 Å². The molecule has 0 aromatic heterocycles. The smallest absolute Gasteiger partial charge is 0.0575 e. The van der Waals surface area contributed by atoms with E-state index in [-0.39, 0.29) is 0 Å². The normalized spacial score (nSPS) is 25.3. The van der Waals surface area contributed by atoms with Crippen LogP contribution in [-0.4, -0.2) is 25.8 Å². The van der Waals surface area contributed by atoms with Crippen molar-refractivity contribution in [2.24, 2.45) is 5.92 Å². The minimum absolute atomic E-state index is 0.540. The second kappa shape index (κ2) is 6.41. The van der Waals surface area contributed by atoms with E-state index in [0.717, 1.165) is 12.5 Å². The van der Waals surface area contributed by atoms with Gasteiger partial charge in [0.25, 0.3) is 0 Å². The van der Waals surface area contributed by atoms with Gasteiger partial charge in [0.05, 0.1) is 6.10 Å². The third kappa shape index (κ3) is 3.97. The first-order chi connectivity index (χ1) is 6.74. The maximum Gasteiger partial charge on any atom is 0.0575 e. The molecule has 0 radical (unpaired) electrons. The molecule has 84 valence electrons. The van der Waals surface area contributed by atoms with Crippen LogP contribution in [0.2, 0.25) is 0 Å². The van der Waals surface area contributed by atoms with Gasteiger partial charge in [-0.1, -0.05) is 13.8 Å². The standard InChI is InChI=1S/C12H25NO/c1-10(2)12(13-3)8-7-11-6-4-5-9-14-11/h10-13H,4-9H2,1-3H3. The van der Waals surface area contributed by atoms with E-state index in [1.54, 1.807) is 0 Å². The highest BCUT2D eigenvalue weighted by Crippen LogP contribution is 2.19. The molecular formula is C12H25NO. The van der Waals surface area contributed by atoms with E-state index >= 15 is 0 Å². The van der Waals surface area contributed by atoms with Crippen LogP contribution in [0.3, 0.4) is 0 Å². The van der Waals surface area contributed by atoms with E-state index in [1.165, 1.54) is 32.1 Å². The Morgan fingerprint density at radius 2 is 2.14 bits per heavy atom. The van der Waals surface area contributed by atoms with E-state index in [4.69, 9.17) is 4.74 Å². The topological polar surface area (TPSA) is 21.3 Å². The quantitative estimate of drug-likeness (QED) is 0.735. The van der Waals surface area contributed by atoms with Gasteiger partial charge in [0, 0.05) is 12.6 Å². The minimum Gasteiger partial charge on any atom is -0.378 e. The second-order valence-electron chi connectivity index (χ2n) is 4.71. The highest BCUT2D eigenvalue weighted by Gasteiger charge is 2.17. The Balaban J connectivity index is 2.16. The summed E-state index contributed by atoms with van der Waals surface area (Å²) >= 11 is 0. The van der Waals surface area contributed by atoms with Crippen LogP contribution in [-0.2, 0) is 4.74 Å². The molecule has 14 heavy (non-hydrogen) atoms. The lowest BCUT2D eigenvalue weighted by Gasteiger charge is -2.26. The lowest BCUT2D eigenvalue weighted by atomic mass is 9.95. The molecule has 0 aliphatic carbocycles. The van der Waals surface area contributed by atoms with Gasteiger partial charge >= 0.3 is 0 Å². The zero-order valence-electron chi connectivity index (χ0n) is 9.88. The summed E-state index contributed by atoms with van der Waals surface area (Å²) in [5, 5.41) is 3.39. The first kappa shape index (κ1) is 12.0. The number of ether oxygens (including phenoxy) is 1. The van der Waals surface area contributed by atoms with Crippen LogP contribution in [0.15, 0.2) is 0 Å². The average molecular weight is 199 g/mol. The van der Waals surface area contributed by atoms with Crippen LogP contribution < -0.4 is 5.32 Å². The lowest BCUT2D eigenvalue weighted by molar-refractivity contribution is 0.00794. The summed E-state index contributed by atoms with van der Waals surface area (Å²) in [7, 11) is 2.06. The fourth-order valence-corrected chi connectivity index (χ4v) is 2.21. The molecule has 2 heteroatoms. The molecule has 0 aromatic carbocycles. The summed E-state index contributed by atoms with van der Waals surface area (Å²) < 4.78 is 5.72. The number of hydrogen-bond donors (Lipinski definition) is 1. The molecule has 1 fully saturated rings. The Morgan fingerprint density at radius 1 is 1.36 bits per heavy atom. The molecule has 0 amide bonds. The predicted molar refractivity (Wildman–Crippen MR) is 60.5 cm³/mol. The van der Waals surface area contributed by atoms with Gasteiger partial charge in [0.2, 0.25) is 0 Å². The molecule has 0 saturated carbocycles. The summed E-state index contributed by atoms with van der Waals surface area (Å²) in [5.41, 5.74) is 0. The van der Waals surface area contributed by atoms with Crippen molar-refractivity contribution in [3.8, 4) is 0 Å². The largest absolute Gasteiger partial charge is 0.378 e. The first-order valence-corrected chi connectivity index (χ1v) is 6.03. The molecular weight excluding hydrogens is 174 g/mol. The molecule has 0 bridgehead atoms. The maximum absolute atomic E-state index is 5.72. The Hall–Kier alpha value is -0.0800. The molecule has 1 heterocycles. The third-order valence-corrected chi connectivity index (χ3v) is 3.25. The van der Waals surface area contributed by atoms with Gasteiger partial charge < -0.3 is 10.1 Å². The van der Waals surface area contributed by atoms with Crippen LogP contribution in [0.4, 0.5) is 0 Å². The molecule has 2 nitrogen and oxygen atoms in total. The summed E-state index contributed by atoms with van der Waals surface area (Å²) in [5.74, 6) is 0.726. The van der Waals surface area contributed by atoms with E-state index in [0.29, 0.717) is 12.1 Å². The van der Waals surface area contributed by atoms with Crippen molar-refractivity contribution < 1.29 is 4.74 Å². The van der Waals surface area contributed by atoms with E-state index in [2.05, 4.69) is 26.2 Å². The highest BCUT2D eigenvalue weighted by atomic mass is 16.5. The minimum atomic E-state index is 0.540. The Kier molecular flexibility index (Phi) is 5.49. The van der Waals surface area contributed by atoms with Crippen LogP contribution in [0.25, 0.3) is 0 Å². The number of hydrogen-bond acceptors (Lipinski definition) is 2. The Bertz CT molecular complexity index is 141. The predicted octanol–water partition coefficient (Wildman–Crippen LogP) is 2.58. The fourth-order valence-electron chi connectivity index (χ4n) is 2.21. The summed E-state index contributed by atoms with van der Waals surface area (Å²) in [6, 6.07) is 0.653. The van der Waals surface area contributed by atoms with Gasteiger partial charge in [-0.3, -0.25) is 0 Å². The van der Waals surface area contributed by atoms with Gasteiger partial charge in [0.1, 0.15) is 0 Å². The van der Waals surface area contributed by atoms with Crippen LogP contribution in [0, 0.1) is 5.92 Å². The average Bonchev–Trinajstić information content (AvgIpc) is 2.20. The Morgan fingerprint density at radius 3 is 2.64 bits per heavy atom. The van der Waals surface area contributed by atoms with Crippen molar-refractivity contribution in [1.82, 2.24) is 5.32 Å². The molecule has 0 spiro atoms. The Labute approximate surface area is 88.4 Å². The lowest BCUT2D eigenvalue weighted by Crippen LogP contribution is -2.32. The zero-order chi connectivity index (χ0) is 10.4. The monoisotopic (exact) mass is 199 g/mol. The van der Waals surface area contributed by atoms with Crippen LogP contribution in [0.5, 0.6) is 0 Å². The van der Waals surface area contributed by atoms with Crippen molar-refractivity contribution in [2.45, 2.75) is 58.1 Å². The molecule has 1 aliphatic rings. The number of rotatable bonds is 5. The van der Waals surface area contributed by atoms with Crippen molar-refractivity contribution in [1.29, 1.82) is 0 Å². The van der Waals surface area contributed by atoms with Gasteiger partial charge in [-0.25, -0.2) is 0 Å². The fraction of sp³-hybridized carbons (Fsp3) is 1.00. The van der Waals surface area contributed by atoms with Crippen LogP contribution in [0.1, 0.15) is 46.0 Å². The van der Waals surface area contributed by atoms with Gasteiger partial charge in [-0.15, -0.1) is 0 Å². The zero-order valence-corrected chi connectivity index (χ0v) is 9.88. The molecule has 2 unspecified atom stereocenters. The van der Waals surface area contributed by atoms with E-state index in [1.807, 2.05) is 0 Å². The van der Waals surface area contributed by atoms with Crippen molar-refractivity contribution in [3.63, 3.8) is 0 Å². The summed E-state index contributed by atoms with van der Waals surface area (Å²) in [6.07, 6.45) is 6.90. The second-order valence-corrected chi connectivity index (χ2v) is 4.71. The van der Waals surface area contributed by atoms with E-state index in [9.17, 15) is 0 Å². The summed E-state index contributed by atoms with van der Waals surface area (Å²) in [4.78, 5) is 0. The maximum atomic E-state index is 5.72. The first-order valence-electron chi connectivity index (χ1n) is 6.03. The number of nitrogens with one attached hydrogen (secondary N) is 1. The van der Waals surface area contributed by atoms with Gasteiger partial charge in [-0.2, -0.15) is 0 Å². The molecule has 0 aromatic rings. The van der Waals surface area contributed by atoms with E-state index < -0.39 is 0 Å². The van der Waals surface area contributed by atoms with Gasteiger partial charge in [0.15, 0.2) is 0 Å². The molecule has 1 N–H and O–H groups in total. The molecule has 1 saturated heterocycles. The SMILES string of the molecule is CNC(CCC1CCCCO1)C(C)C. The van der Waals surface area contributed by atoms with Gasteiger partial charge in [-0.05, 0) is 45.1 Å². The third-order valence-electron chi connectivity index (χ3n) is 3.25. The van der Waals surface area contributed by atoms with Crippen molar-refractivity contribution in [2.75, 3.05) is 13.7 Å². The molecule has 1 rings (SSSR count). The highest BCUT2D eigenvalue weighted by molar-refractivity contribution is 4.72. The molecule has 1 aliphatic heterocycles. The summed E-state index contributed by atoms with van der Waals surface area (Å²) in [6.45, 7) is 5.54. The van der Waals surface area contributed by atoms with Crippen molar-refractivity contribution in [3.05, 3.63) is 0 Å².